The molecule has 0 saturated heterocycles. The molecule has 0 saturated carbocycles. The molecule has 18 rings (SSSR count). The highest BCUT2D eigenvalue weighted by Crippen LogP contribution is 2.44. The largest absolute Gasteiger partial charge is 0.354 e. The molecule has 10 heterocycles. The van der Waals surface area contributed by atoms with Crippen LogP contribution in [0.5, 0.6) is 0 Å². The summed E-state index contributed by atoms with van der Waals surface area (Å²) in [6.45, 7) is 0. The van der Waals surface area contributed by atoms with Gasteiger partial charge in [-0.25, -0.2) is 19.9 Å². The lowest BCUT2D eigenvalue weighted by Gasteiger charge is -2.08. The van der Waals surface area contributed by atoms with Crippen LogP contribution in [0.2, 0.25) is 0 Å². The fourth-order valence-corrected chi connectivity index (χ4v) is 14.4. The van der Waals surface area contributed by atoms with Crippen molar-refractivity contribution in [2.75, 3.05) is 0 Å². The van der Waals surface area contributed by atoms with Gasteiger partial charge in [0.25, 0.3) is 0 Å². The van der Waals surface area contributed by atoms with Crippen molar-refractivity contribution in [3.8, 4) is 89.0 Å². The average Bonchev–Trinajstić information content (AvgIpc) is 1.60. The Morgan fingerprint density at radius 1 is 0.190 bits per heavy atom. The SMILES string of the molecule is C(=CC1=Cc2nc1c(-c1ccccc1)c1ccc([nH]1)c(-c1ccccc1)c1nc(c(-c3ccccc3)c3ccc([nH]3)c2-c2ccccc2)C=C1)/C=C\C1=Cc2nc1c(-c1ccccc1)c1ccc([nH]1)c(-c1ccccc1)c1nc(c(-c3ccccc3)c3ccc([nH]3)c2-c2ccccc2)C=C1. The highest BCUT2D eigenvalue weighted by atomic mass is 14.8. The molecule has 4 aliphatic heterocycles. The maximum Gasteiger partial charge on any atom is 0.0809 e. The fourth-order valence-electron chi connectivity index (χ4n) is 14.4. The first-order chi connectivity index (χ1) is 49.6. The van der Waals surface area contributed by atoms with Crippen LogP contribution >= 0.6 is 0 Å². The number of fused-ring (bicyclic) bond motifs is 16. The standard InChI is InChI=1S/C92H62N8/c1-9-27-59(28-10-1)83-69-45-47-71(93-69)85(61-31-13-3-14-32-61)75-53-55-79(97-75)89(65-39-21-7-22-40-65)91-67(57-81(99-91)87(63-35-17-5-18-36-63)77-51-49-73(83)95-77)43-25-26-44-68-58-82-88(64-37-19-6-20-38-64)78-52-50-74(96-78)84(60-29-11-2-12-30-60)70-46-48-72(94-70)86(62-33-15-4-16-34-62)76-54-56-80(98-76)90(92(68)100-82)66-41-23-8-24-42-66/h1-58,95-98H/b43-25-,44-26?,83-69?,83-73?,84-70?,84-74?,85-71?,85-75?,86-72?,86-76?,87-77?,87-81?,88-78?,88-82?,89-79?,90-80?,91-89?,92-90?. The minimum Gasteiger partial charge on any atom is -0.354 e. The van der Waals surface area contributed by atoms with Gasteiger partial charge in [0.2, 0.25) is 0 Å². The molecule has 0 radical (unpaired) electrons. The third kappa shape index (κ3) is 11.0. The highest BCUT2D eigenvalue weighted by Gasteiger charge is 2.25. The third-order valence-electron chi connectivity index (χ3n) is 18.9. The van der Waals surface area contributed by atoms with Crippen LogP contribution in [0.1, 0.15) is 45.6 Å². The number of allylic oxidation sites excluding steroid dienone is 6. The van der Waals surface area contributed by atoms with Crippen LogP contribution in [0.3, 0.4) is 0 Å². The normalized spacial score (nSPS) is 12.6. The van der Waals surface area contributed by atoms with E-state index in [4.69, 9.17) is 19.9 Å². The number of aromatic amines is 4. The molecule has 0 unspecified atom stereocenters. The third-order valence-corrected chi connectivity index (χ3v) is 18.9. The van der Waals surface area contributed by atoms with Crippen molar-refractivity contribution >= 4 is 91.7 Å². The minimum absolute atomic E-state index is 0.819. The zero-order valence-corrected chi connectivity index (χ0v) is 54.3. The predicted molar refractivity (Wildman–Crippen MR) is 417 cm³/mol. The quantitative estimate of drug-likeness (QED) is 0.0966. The van der Waals surface area contributed by atoms with Crippen LogP contribution in [0.15, 0.2) is 315 Å². The Bertz CT molecular complexity index is 5700. The van der Waals surface area contributed by atoms with Crippen LogP contribution in [0.25, 0.3) is 181 Å². The lowest BCUT2D eigenvalue weighted by molar-refractivity contribution is 1.30. The van der Waals surface area contributed by atoms with E-state index in [-0.39, 0.29) is 0 Å². The van der Waals surface area contributed by atoms with Gasteiger partial charge in [0.05, 0.1) is 45.6 Å². The van der Waals surface area contributed by atoms with Crippen molar-refractivity contribution in [3.63, 3.8) is 0 Å². The van der Waals surface area contributed by atoms with Gasteiger partial charge < -0.3 is 19.9 Å². The summed E-state index contributed by atoms with van der Waals surface area (Å²) in [5, 5.41) is 0. The Balaban J connectivity index is 0.888. The van der Waals surface area contributed by atoms with Gasteiger partial charge in [0.15, 0.2) is 0 Å². The van der Waals surface area contributed by atoms with Gasteiger partial charge in [0, 0.05) is 99.8 Å². The van der Waals surface area contributed by atoms with E-state index in [2.05, 4.69) is 372 Å². The second-order valence-corrected chi connectivity index (χ2v) is 25.1. The molecule has 0 spiro atoms. The maximum absolute atomic E-state index is 5.84. The Morgan fingerprint density at radius 3 is 0.600 bits per heavy atom. The van der Waals surface area contributed by atoms with Crippen molar-refractivity contribution in [2.45, 2.75) is 0 Å². The Hall–Kier alpha value is -13.6. The molecule has 0 aliphatic carbocycles. The average molecular weight is 1280 g/mol. The number of H-pyrrole nitrogens is 4. The summed E-state index contributed by atoms with van der Waals surface area (Å²) >= 11 is 0. The Kier molecular flexibility index (Phi) is 15.1. The van der Waals surface area contributed by atoms with Crippen molar-refractivity contribution in [1.29, 1.82) is 0 Å². The Labute approximate surface area is 578 Å². The fraction of sp³-hybridized carbons (Fsp3) is 0. The summed E-state index contributed by atoms with van der Waals surface area (Å²) in [4.78, 5) is 38.6. The van der Waals surface area contributed by atoms with E-state index in [1.54, 1.807) is 0 Å². The molecular weight excluding hydrogens is 1220 g/mol. The van der Waals surface area contributed by atoms with E-state index in [0.717, 1.165) is 190 Å². The molecule has 8 aromatic carbocycles. The molecule has 0 fully saturated rings. The predicted octanol–water partition coefficient (Wildman–Crippen LogP) is 23.5. The van der Waals surface area contributed by atoms with Gasteiger partial charge in [-0.05, 0) is 129 Å². The lowest BCUT2D eigenvalue weighted by Crippen LogP contribution is -1.90. The summed E-state index contributed by atoms with van der Waals surface area (Å²) in [6, 6.07) is 102. The molecule has 470 valence electrons. The first kappa shape index (κ1) is 59.0. The van der Waals surface area contributed by atoms with E-state index in [9.17, 15) is 0 Å². The summed E-state index contributed by atoms with van der Waals surface area (Å²) in [5.41, 5.74) is 32.2. The molecule has 4 N–H and O–H groups in total. The highest BCUT2D eigenvalue weighted by molar-refractivity contribution is 6.07. The van der Waals surface area contributed by atoms with Crippen LogP contribution in [-0.4, -0.2) is 39.9 Å². The monoisotopic (exact) mass is 1280 g/mol. The topological polar surface area (TPSA) is 115 Å². The van der Waals surface area contributed by atoms with Crippen molar-refractivity contribution in [3.05, 3.63) is 361 Å². The molecule has 8 nitrogen and oxygen atoms in total. The zero-order chi connectivity index (χ0) is 66.3. The van der Waals surface area contributed by atoms with Gasteiger partial charge in [-0.2, -0.15) is 0 Å². The van der Waals surface area contributed by atoms with Gasteiger partial charge in [0.1, 0.15) is 0 Å². The van der Waals surface area contributed by atoms with Crippen molar-refractivity contribution in [2.24, 2.45) is 0 Å². The summed E-state index contributed by atoms with van der Waals surface area (Å²) < 4.78 is 0. The first-order valence-corrected chi connectivity index (χ1v) is 33.8. The zero-order valence-electron chi connectivity index (χ0n) is 54.3. The van der Waals surface area contributed by atoms with Crippen LogP contribution in [0.4, 0.5) is 0 Å². The molecule has 0 amide bonds. The van der Waals surface area contributed by atoms with E-state index in [1.165, 1.54) is 0 Å². The van der Waals surface area contributed by atoms with Crippen molar-refractivity contribution < 1.29 is 0 Å². The molecule has 4 aliphatic rings. The molecule has 6 aromatic heterocycles. The van der Waals surface area contributed by atoms with E-state index in [1.807, 2.05) is 0 Å². The molecule has 16 bridgehead atoms. The van der Waals surface area contributed by atoms with E-state index >= 15 is 0 Å². The summed E-state index contributed by atoms with van der Waals surface area (Å²) in [5.74, 6) is 0. The smallest absolute Gasteiger partial charge is 0.0809 e. The molecule has 100 heavy (non-hydrogen) atoms. The van der Waals surface area contributed by atoms with Crippen LogP contribution in [0, 0.1) is 0 Å². The molecule has 14 aromatic rings. The second kappa shape index (κ2) is 25.5. The second-order valence-electron chi connectivity index (χ2n) is 25.1. The van der Waals surface area contributed by atoms with Crippen molar-refractivity contribution in [1.82, 2.24) is 39.9 Å². The van der Waals surface area contributed by atoms with Crippen LogP contribution < -0.4 is 0 Å². The number of nitrogens with one attached hydrogen (secondary N) is 4. The number of rotatable bonds is 11. The minimum atomic E-state index is 0.819. The maximum atomic E-state index is 5.84. The Morgan fingerprint density at radius 2 is 0.380 bits per heavy atom. The molecule has 0 atom stereocenters. The summed E-state index contributed by atoms with van der Waals surface area (Å²) in [7, 11) is 0. The van der Waals surface area contributed by atoms with Crippen LogP contribution in [-0.2, 0) is 0 Å². The lowest BCUT2D eigenvalue weighted by atomic mass is 9.98. The first-order valence-electron chi connectivity index (χ1n) is 33.8. The van der Waals surface area contributed by atoms with Gasteiger partial charge in [-0.3, -0.25) is 0 Å². The molecular formula is C92H62N8. The number of aromatic nitrogens is 8. The van der Waals surface area contributed by atoms with Gasteiger partial charge >= 0.3 is 0 Å². The van der Waals surface area contributed by atoms with E-state index in [0.29, 0.717) is 0 Å². The number of nitrogens with zero attached hydrogens (tertiary/aromatic N) is 4. The van der Waals surface area contributed by atoms with Gasteiger partial charge in [-0.1, -0.05) is 267 Å². The number of benzene rings is 8. The number of hydrogen-bond acceptors (Lipinski definition) is 4. The summed E-state index contributed by atoms with van der Waals surface area (Å²) in [6.07, 6.45) is 21.8. The van der Waals surface area contributed by atoms with Gasteiger partial charge in [-0.15, -0.1) is 0 Å². The molecule has 8 heteroatoms. The van der Waals surface area contributed by atoms with E-state index < -0.39 is 0 Å². The number of hydrogen-bond donors (Lipinski definition) is 4.